The molecule has 2 rings (SSSR count). The molecule has 2 aromatic rings. The predicted octanol–water partition coefficient (Wildman–Crippen LogP) is 4.89. The average Bonchev–Trinajstić information content (AvgIpc) is 2.41. The molecule has 0 bridgehead atoms. The van der Waals surface area contributed by atoms with Gasteiger partial charge in [-0.25, -0.2) is 9.97 Å². The number of hydrogen-bond donors (Lipinski definition) is 0. The molecular weight excluding hydrogens is 295 g/mol. The monoisotopic (exact) mass is 310 g/mol. The fourth-order valence-electron chi connectivity index (χ4n) is 1.89. The minimum absolute atomic E-state index is 0.192. The highest BCUT2D eigenvalue weighted by atomic mass is 35.5. The van der Waals surface area contributed by atoms with Crippen LogP contribution in [0.25, 0.3) is 11.3 Å². The van der Waals surface area contributed by atoms with E-state index < -0.39 is 0 Å². The summed E-state index contributed by atoms with van der Waals surface area (Å²) in [5, 5.41) is 1.08. The van der Waals surface area contributed by atoms with Crippen molar-refractivity contribution in [1.82, 2.24) is 9.97 Å². The normalized spacial score (nSPS) is 10.9. The summed E-state index contributed by atoms with van der Waals surface area (Å²) in [5.41, 5.74) is 2.40. The Morgan fingerprint density at radius 2 is 1.85 bits per heavy atom. The van der Waals surface area contributed by atoms with Crippen molar-refractivity contribution in [2.75, 3.05) is 7.11 Å². The van der Waals surface area contributed by atoms with E-state index in [4.69, 9.17) is 27.9 Å². The lowest BCUT2D eigenvalue weighted by atomic mass is 10.1. The lowest BCUT2D eigenvalue weighted by molar-refractivity contribution is 0.416. The molecule has 0 aliphatic carbocycles. The Hall–Kier alpha value is -1.32. The first kappa shape index (κ1) is 15.1. The van der Waals surface area contributed by atoms with Gasteiger partial charge in [-0.1, -0.05) is 37.0 Å². The third-order valence-electron chi connectivity index (χ3n) is 3.04. The van der Waals surface area contributed by atoms with Gasteiger partial charge in [0.2, 0.25) is 0 Å². The largest absolute Gasteiger partial charge is 0.496 e. The molecule has 0 N–H and O–H groups in total. The summed E-state index contributed by atoms with van der Waals surface area (Å²) in [6, 6.07) is 5.43. The van der Waals surface area contributed by atoms with Gasteiger partial charge in [0.05, 0.1) is 12.8 Å². The maximum atomic E-state index is 6.22. The van der Waals surface area contributed by atoms with Crippen LogP contribution in [-0.2, 0) is 0 Å². The predicted molar refractivity (Wildman–Crippen MR) is 82.9 cm³/mol. The summed E-state index contributed by atoms with van der Waals surface area (Å²) in [7, 11) is 1.62. The molecule has 0 unspecified atom stereocenters. The molecule has 0 atom stereocenters. The molecular formula is C15H16Cl2N2O. The maximum absolute atomic E-state index is 6.22. The van der Waals surface area contributed by atoms with E-state index in [0.29, 0.717) is 21.7 Å². The molecule has 0 fully saturated rings. The zero-order valence-corrected chi connectivity index (χ0v) is 13.4. The van der Waals surface area contributed by atoms with Crippen molar-refractivity contribution in [3.63, 3.8) is 0 Å². The van der Waals surface area contributed by atoms with Crippen molar-refractivity contribution < 1.29 is 4.74 Å². The Balaban J connectivity index is 2.71. The van der Waals surface area contributed by atoms with E-state index in [0.717, 1.165) is 16.8 Å². The van der Waals surface area contributed by atoms with Crippen molar-refractivity contribution in [3.8, 4) is 17.0 Å². The van der Waals surface area contributed by atoms with Crippen LogP contribution in [0.2, 0.25) is 10.2 Å². The molecule has 106 valence electrons. The van der Waals surface area contributed by atoms with E-state index >= 15 is 0 Å². The van der Waals surface area contributed by atoms with Crippen molar-refractivity contribution in [2.24, 2.45) is 0 Å². The Kier molecular flexibility index (Phi) is 4.51. The Morgan fingerprint density at radius 1 is 1.15 bits per heavy atom. The van der Waals surface area contributed by atoms with Gasteiger partial charge < -0.3 is 4.74 Å². The molecule has 0 spiro atoms. The first-order valence-electron chi connectivity index (χ1n) is 6.32. The molecule has 0 radical (unpaired) electrons. The highest BCUT2D eigenvalue weighted by Gasteiger charge is 2.16. The average molecular weight is 311 g/mol. The highest BCUT2D eigenvalue weighted by molar-refractivity contribution is 6.31. The molecule has 0 aliphatic heterocycles. The lowest BCUT2D eigenvalue weighted by Crippen LogP contribution is -2.03. The molecule has 1 aromatic carbocycles. The van der Waals surface area contributed by atoms with E-state index in [1.54, 1.807) is 13.2 Å². The Bertz CT molecular complexity index is 642. The van der Waals surface area contributed by atoms with Crippen LogP contribution in [0.3, 0.4) is 0 Å². The van der Waals surface area contributed by atoms with Crippen LogP contribution in [0.5, 0.6) is 5.75 Å². The summed E-state index contributed by atoms with van der Waals surface area (Å²) >= 11 is 12.3. The second-order valence-corrected chi connectivity index (χ2v) is 5.64. The Labute approximate surface area is 128 Å². The molecule has 1 heterocycles. The SMILES string of the molecule is COc1ccc(Cl)cc1-c1nc(C(C)C)nc(Cl)c1C. The van der Waals surface area contributed by atoms with Gasteiger partial charge in [-0.05, 0) is 25.1 Å². The van der Waals surface area contributed by atoms with E-state index in [9.17, 15) is 0 Å². The highest BCUT2D eigenvalue weighted by Crippen LogP contribution is 2.35. The summed E-state index contributed by atoms with van der Waals surface area (Å²) in [5.74, 6) is 1.61. The summed E-state index contributed by atoms with van der Waals surface area (Å²) < 4.78 is 5.39. The van der Waals surface area contributed by atoms with Gasteiger partial charge >= 0.3 is 0 Å². The number of rotatable bonds is 3. The number of ether oxygens (including phenoxy) is 1. The van der Waals surface area contributed by atoms with Crippen molar-refractivity contribution in [3.05, 3.63) is 39.8 Å². The van der Waals surface area contributed by atoms with Gasteiger partial charge in [0, 0.05) is 22.1 Å². The third kappa shape index (κ3) is 2.89. The number of halogens is 2. The van der Waals surface area contributed by atoms with Gasteiger partial charge in [0.15, 0.2) is 0 Å². The number of hydrogen-bond acceptors (Lipinski definition) is 3. The molecule has 20 heavy (non-hydrogen) atoms. The minimum atomic E-state index is 0.192. The van der Waals surface area contributed by atoms with Gasteiger partial charge in [0.25, 0.3) is 0 Å². The topological polar surface area (TPSA) is 35.0 Å². The molecule has 0 saturated heterocycles. The fourth-order valence-corrected chi connectivity index (χ4v) is 2.24. The third-order valence-corrected chi connectivity index (χ3v) is 3.64. The first-order chi connectivity index (χ1) is 9.43. The van der Waals surface area contributed by atoms with Gasteiger partial charge in [-0.15, -0.1) is 0 Å². The molecule has 0 aliphatic rings. The quantitative estimate of drug-likeness (QED) is 0.757. The van der Waals surface area contributed by atoms with Gasteiger partial charge in [-0.3, -0.25) is 0 Å². The molecule has 1 aromatic heterocycles. The first-order valence-corrected chi connectivity index (χ1v) is 7.07. The zero-order valence-electron chi connectivity index (χ0n) is 11.9. The standard InChI is InChI=1S/C15H16Cl2N2O/c1-8(2)15-18-13(9(3)14(17)19-15)11-7-10(16)5-6-12(11)20-4/h5-8H,1-4H3. The zero-order chi connectivity index (χ0) is 14.9. The van der Waals surface area contributed by atoms with Gasteiger partial charge in [0.1, 0.15) is 16.7 Å². The number of nitrogens with zero attached hydrogens (tertiary/aromatic N) is 2. The van der Waals surface area contributed by atoms with Crippen LogP contribution in [-0.4, -0.2) is 17.1 Å². The second-order valence-electron chi connectivity index (χ2n) is 4.85. The van der Waals surface area contributed by atoms with E-state index in [-0.39, 0.29) is 5.92 Å². The molecule has 0 saturated carbocycles. The number of aromatic nitrogens is 2. The van der Waals surface area contributed by atoms with Crippen molar-refractivity contribution >= 4 is 23.2 Å². The van der Waals surface area contributed by atoms with Crippen LogP contribution in [0.4, 0.5) is 0 Å². The van der Waals surface area contributed by atoms with Crippen LogP contribution < -0.4 is 4.74 Å². The lowest BCUT2D eigenvalue weighted by Gasteiger charge is -2.14. The summed E-state index contributed by atoms with van der Waals surface area (Å²) in [6.07, 6.45) is 0. The van der Waals surface area contributed by atoms with Crippen LogP contribution in [0.15, 0.2) is 18.2 Å². The van der Waals surface area contributed by atoms with Gasteiger partial charge in [-0.2, -0.15) is 0 Å². The molecule has 5 heteroatoms. The Morgan fingerprint density at radius 3 is 2.45 bits per heavy atom. The number of methoxy groups -OCH3 is 1. The van der Waals surface area contributed by atoms with E-state index in [1.165, 1.54) is 0 Å². The smallest absolute Gasteiger partial charge is 0.136 e. The fraction of sp³-hybridized carbons (Fsp3) is 0.333. The summed E-state index contributed by atoms with van der Waals surface area (Å²) in [6.45, 7) is 5.95. The van der Waals surface area contributed by atoms with Crippen LogP contribution in [0, 0.1) is 6.92 Å². The number of benzene rings is 1. The van der Waals surface area contributed by atoms with Crippen LogP contribution >= 0.6 is 23.2 Å². The summed E-state index contributed by atoms with van der Waals surface area (Å²) in [4.78, 5) is 8.94. The molecule has 0 amide bonds. The van der Waals surface area contributed by atoms with Crippen LogP contribution in [0.1, 0.15) is 31.2 Å². The maximum Gasteiger partial charge on any atom is 0.136 e. The molecule has 3 nitrogen and oxygen atoms in total. The minimum Gasteiger partial charge on any atom is -0.496 e. The van der Waals surface area contributed by atoms with E-state index in [1.807, 2.05) is 32.9 Å². The van der Waals surface area contributed by atoms with Crippen molar-refractivity contribution in [1.29, 1.82) is 0 Å². The second kappa shape index (κ2) is 5.98. The van der Waals surface area contributed by atoms with Crippen molar-refractivity contribution in [2.45, 2.75) is 26.7 Å². The van der Waals surface area contributed by atoms with E-state index in [2.05, 4.69) is 9.97 Å².